The van der Waals surface area contributed by atoms with Crippen LogP contribution in [0.3, 0.4) is 0 Å². The number of hydroxylamine groups is 1. The van der Waals surface area contributed by atoms with E-state index in [1.54, 1.807) is 5.48 Å². The van der Waals surface area contributed by atoms with Crippen molar-refractivity contribution < 1.29 is 14.8 Å². The molecule has 6 nitrogen and oxygen atoms in total. The molecule has 1 aromatic carbocycles. The normalized spacial score (nSPS) is 12.3. The van der Waals surface area contributed by atoms with Crippen LogP contribution in [0.25, 0.3) is 10.9 Å². The van der Waals surface area contributed by atoms with Crippen molar-refractivity contribution in [3.8, 4) is 0 Å². The maximum atomic E-state index is 12.3. The topological polar surface area (TPSA) is 94.2 Å². The summed E-state index contributed by atoms with van der Waals surface area (Å²) in [6.45, 7) is 4.52. The van der Waals surface area contributed by atoms with E-state index >= 15 is 0 Å². The average molecular weight is 331 g/mol. The van der Waals surface area contributed by atoms with Crippen LogP contribution in [0.1, 0.15) is 32.3 Å². The SMILES string of the molecule is CC(C)CC(CC(=O)NO)C(=O)NCCc1c[nH]c2ccccc12. The zero-order valence-corrected chi connectivity index (χ0v) is 14.1. The summed E-state index contributed by atoms with van der Waals surface area (Å²) in [4.78, 5) is 26.9. The molecule has 130 valence electrons. The third-order valence-electron chi connectivity index (χ3n) is 4.05. The summed E-state index contributed by atoms with van der Waals surface area (Å²) in [6, 6.07) is 8.04. The number of hydrogen-bond acceptors (Lipinski definition) is 3. The molecule has 4 N–H and O–H groups in total. The number of nitrogens with one attached hydrogen (secondary N) is 3. The number of carbonyl (C=O) groups is 2. The van der Waals surface area contributed by atoms with Crippen molar-refractivity contribution in [1.82, 2.24) is 15.8 Å². The van der Waals surface area contributed by atoms with Crippen molar-refractivity contribution in [2.24, 2.45) is 11.8 Å². The molecule has 0 bridgehead atoms. The minimum atomic E-state index is -0.535. The number of H-pyrrole nitrogens is 1. The fraction of sp³-hybridized carbons (Fsp3) is 0.444. The summed E-state index contributed by atoms with van der Waals surface area (Å²) in [6.07, 6.45) is 3.28. The molecule has 0 aliphatic heterocycles. The largest absolute Gasteiger partial charge is 0.361 e. The molecule has 0 fully saturated rings. The van der Waals surface area contributed by atoms with Gasteiger partial charge in [-0.05, 0) is 30.4 Å². The van der Waals surface area contributed by atoms with Crippen LogP contribution in [0, 0.1) is 11.8 Å². The second kappa shape index (κ2) is 8.49. The molecule has 0 radical (unpaired) electrons. The van der Waals surface area contributed by atoms with Crippen LogP contribution in [0.5, 0.6) is 0 Å². The highest BCUT2D eigenvalue weighted by Crippen LogP contribution is 2.18. The zero-order chi connectivity index (χ0) is 17.5. The Balaban J connectivity index is 1.91. The molecule has 0 aliphatic rings. The summed E-state index contributed by atoms with van der Waals surface area (Å²) >= 11 is 0. The molecule has 2 rings (SSSR count). The Morgan fingerprint density at radius 1 is 1.25 bits per heavy atom. The summed E-state index contributed by atoms with van der Waals surface area (Å²) < 4.78 is 0. The highest BCUT2D eigenvalue weighted by atomic mass is 16.5. The number of aromatic amines is 1. The van der Waals surface area contributed by atoms with E-state index in [1.165, 1.54) is 0 Å². The molecule has 1 aromatic heterocycles. The quantitative estimate of drug-likeness (QED) is 0.442. The first-order valence-electron chi connectivity index (χ1n) is 8.27. The van der Waals surface area contributed by atoms with Crippen molar-refractivity contribution in [2.45, 2.75) is 33.1 Å². The molecule has 0 saturated heterocycles. The summed E-state index contributed by atoms with van der Waals surface area (Å²) in [5.74, 6) is -0.819. The van der Waals surface area contributed by atoms with Gasteiger partial charge in [-0.3, -0.25) is 14.8 Å². The number of para-hydroxylation sites is 1. The number of rotatable bonds is 8. The van der Waals surface area contributed by atoms with Gasteiger partial charge in [-0.1, -0.05) is 32.0 Å². The van der Waals surface area contributed by atoms with Crippen molar-refractivity contribution in [3.05, 3.63) is 36.0 Å². The first kappa shape index (κ1) is 18.0. The van der Waals surface area contributed by atoms with E-state index in [2.05, 4.69) is 16.4 Å². The van der Waals surface area contributed by atoms with Gasteiger partial charge in [0.2, 0.25) is 11.8 Å². The molecule has 1 unspecified atom stereocenters. The fourth-order valence-corrected chi connectivity index (χ4v) is 2.92. The molecule has 0 aliphatic carbocycles. The van der Waals surface area contributed by atoms with Gasteiger partial charge in [0.15, 0.2) is 0 Å². The lowest BCUT2D eigenvalue weighted by Gasteiger charge is -2.17. The van der Waals surface area contributed by atoms with E-state index in [0.717, 1.165) is 22.9 Å². The molecule has 24 heavy (non-hydrogen) atoms. The second-order valence-electron chi connectivity index (χ2n) is 6.47. The molecule has 0 spiro atoms. The number of hydrogen-bond donors (Lipinski definition) is 4. The van der Waals surface area contributed by atoms with Crippen molar-refractivity contribution >= 4 is 22.7 Å². The maximum absolute atomic E-state index is 12.3. The fourth-order valence-electron chi connectivity index (χ4n) is 2.92. The van der Waals surface area contributed by atoms with Gasteiger partial charge < -0.3 is 10.3 Å². The lowest BCUT2D eigenvalue weighted by atomic mass is 9.93. The van der Waals surface area contributed by atoms with Crippen molar-refractivity contribution in [2.75, 3.05) is 6.54 Å². The van der Waals surface area contributed by atoms with Gasteiger partial charge in [0, 0.05) is 36.0 Å². The van der Waals surface area contributed by atoms with Gasteiger partial charge in [-0.15, -0.1) is 0 Å². The van der Waals surface area contributed by atoms with Crippen LogP contribution in [0.15, 0.2) is 30.5 Å². The van der Waals surface area contributed by atoms with Gasteiger partial charge in [0.1, 0.15) is 0 Å². The third kappa shape index (κ3) is 4.83. The molecule has 1 atom stereocenters. The van der Waals surface area contributed by atoms with Crippen LogP contribution < -0.4 is 10.8 Å². The number of aromatic nitrogens is 1. The molecule has 0 saturated carbocycles. The summed E-state index contributed by atoms with van der Waals surface area (Å²) in [5, 5.41) is 12.7. The predicted octanol–water partition coefficient (Wildman–Crippen LogP) is 2.38. The average Bonchev–Trinajstić information content (AvgIpc) is 2.97. The molecule has 6 heteroatoms. The smallest absolute Gasteiger partial charge is 0.244 e. The van der Waals surface area contributed by atoms with Gasteiger partial charge in [-0.25, -0.2) is 5.48 Å². The maximum Gasteiger partial charge on any atom is 0.244 e. The summed E-state index contributed by atoms with van der Waals surface area (Å²) in [7, 11) is 0. The summed E-state index contributed by atoms with van der Waals surface area (Å²) in [5.41, 5.74) is 3.83. The van der Waals surface area contributed by atoms with Crippen molar-refractivity contribution in [3.63, 3.8) is 0 Å². The Bertz CT molecular complexity index is 694. The number of carbonyl (C=O) groups excluding carboxylic acids is 2. The molecular weight excluding hydrogens is 306 g/mol. The van der Waals surface area contributed by atoms with Crippen molar-refractivity contribution in [1.29, 1.82) is 0 Å². The lowest BCUT2D eigenvalue weighted by Crippen LogP contribution is -2.36. The Hall–Kier alpha value is -2.34. The van der Waals surface area contributed by atoms with Crippen LogP contribution in [0.4, 0.5) is 0 Å². The number of fused-ring (bicyclic) bond motifs is 1. The number of benzene rings is 1. The van der Waals surface area contributed by atoms with E-state index in [-0.39, 0.29) is 12.3 Å². The predicted molar refractivity (Wildman–Crippen MR) is 92.5 cm³/mol. The second-order valence-corrected chi connectivity index (χ2v) is 6.47. The van der Waals surface area contributed by atoms with Crippen LogP contribution in [-0.4, -0.2) is 28.6 Å². The Morgan fingerprint density at radius 2 is 2.00 bits per heavy atom. The van der Waals surface area contributed by atoms with E-state index in [0.29, 0.717) is 18.9 Å². The first-order valence-corrected chi connectivity index (χ1v) is 8.27. The molecular formula is C18H25N3O3. The Kier molecular flexibility index (Phi) is 6.37. The van der Waals surface area contributed by atoms with Gasteiger partial charge in [0.05, 0.1) is 0 Å². The Labute approximate surface area is 141 Å². The minimum Gasteiger partial charge on any atom is -0.361 e. The van der Waals surface area contributed by atoms with E-state index in [9.17, 15) is 9.59 Å². The molecule has 1 heterocycles. The van der Waals surface area contributed by atoms with Gasteiger partial charge >= 0.3 is 0 Å². The van der Waals surface area contributed by atoms with Crippen LogP contribution in [-0.2, 0) is 16.0 Å². The monoisotopic (exact) mass is 331 g/mol. The highest BCUT2D eigenvalue weighted by molar-refractivity contribution is 5.85. The van der Waals surface area contributed by atoms with E-state index in [1.807, 2.05) is 38.2 Å². The lowest BCUT2D eigenvalue weighted by molar-refractivity contribution is -0.135. The highest BCUT2D eigenvalue weighted by Gasteiger charge is 2.22. The van der Waals surface area contributed by atoms with Crippen LogP contribution >= 0.6 is 0 Å². The van der Waals surface area contributed by atoms with Gasteiger partial charge in [-0.2, -0.15) is 0 Å². The Morgan fingerprint density at radius 3 is 2.71 bits per heavy atom. The number of amides is 2. The van der Waals surface area contributed by atoms with Crippen LogP contribution in [0.2, 0.25) is 0 Å². The van der Waals surface area contributed by atoms with E-state index in [4.69, 9.17) is 5.21 Å². The molecule has 2 aromatic rings. The first-order chi connectivity index (χ1) is 11.5. The standard InChI is InChI=1S/C18H25N3O3/c1-12(2)9-14(10-17(22)21-24)18(23)19-8-7-13-11-20-16-6-4-3-5-15(13)16/h3-6,11-12,14,20,24H,7-10H2,1-2H3,(H,19,23)(H,21,22). The minimum absolute atomic E-state index is 0.00635. The molecule has 2 amide bonds. The van der Waals surface area contributed by atoms with Gasteiger partial charge in [0.25, 0.3) is 0 Å². The zero-order valence-electron chi connectivity index (χ0n) is 14.1. The third-order valence-corrected chi connectivity index (χ3v) is 4.05. The van der Waals surface area contributed by atoms with E-state index < -0.39 is 11.8 Å².